The predicted octanol–water partition coefficient (Wildman–Crippen LogP) is 0.121. The lowest BCUT2D eigenvalue weighted by atomic mass is 10.1. The van der Waals surface area contributed by atoms with Crippen molar-refractivity contribution in [3.63, 3.8) is 0 Å². The van der Waals surface area contributed by atoms with Gasteiger partial charge in [0, 0.05) is 24.6 Å². The lowest BCUT2D eigenvalue weighted by Gasteiger charge is -2.30. The number of anilines is 1. The van der Waals surface area contributed by atoms with Gasteiger partial charge in [-0.25, -0.2) is 0 Å². The Bertz CT molecular complexity index is 243. The van der Waals surface area contributed by atoms with Crippen molar-refractivity contribution in [3.8, 4) is 0 Å². The summed E-state index contributed by atoms with van der Waals surface area (Å²) in [7, 11) is 2.07. The minimum atomic E-state index is 0.594. The van der Waals surface area contributed by atoms with Gasteiger partial charge < -0.3 is 10.2 Å². The Balaban J connectivity index is 1.99. The molecule has 5 nitrogen and oxygen atoms in total. The molecule has 0 amide bonds. The zero-order valence-electron chi connectivity index (χ0n) is 7.60. The van der Waals surface area contributed by atoms with Gasteiger partial charge in [0.1, 0.15) is 0 Å². The molecule has 0 unspecified atom stereocenters. The molecule has 1 N–H and O–H groups in total. The second-order valence-corrected chi connectivity index (χ2v) is 3.95. The van der Waals surface area contributed by atoms with Gasteiger partial charge in [0.2, 0.25) is 5.13 Å². The quantitative estimate of drug-likeness (QED) is 0.733. The zero-order chi connectivity index (χ0) is 9.10. The van der Waals surface area contributed by atoms with Gasteiger partial charge in [0.05, 0.1) is 0 Å². The highest BCUT2D eigenvalue weighted by atomic mass is 32.1. The first-order valence-electron chi connectivity index (χ1n) is 4.46. The molecule has 0 aliphatic carbocycles. The molecule has 13 heavy (non-hydrogen) atoms. The van der Waals surface area contributed by atoms with E-state index < -0.39 is 0 Å². The van der Waals surface area contributed by atoms with Crippen molar-refractivity contribution in [2.45, 2.75) is 18.9 Å². The first-order chi connectivity index (χ1) is 6.38. The second kappa shape index (κ2) is 3.97. The SMILES string of the molecule is CN(c1nnns1)C1CCNCC1. The van der Waals surface area contributed by atoms with Gasteiger partial charge in [-0.3, -0.25) is 0 Å². The summed E-state index contributed by atoms with van der Waals surface area (Å²) in [6.45, 7) is 2.20. The van der Waals surface area contributed by atoms with E-state index >= 15 is 0 Å². The third kappa shape index (κ3) is 1.94. The third-order valence-electron chi connectivity index (χ3n) is 2.45. The van der Waals surface area contributed by atoms with Crippen molar-refractivity contribution < 1.29 is 0 Å². The highest BCUT2D eigenvalue weighted by molar-refractivity contribution is 7.09. The Labute approximate surface area is 81.3 Å². The summed E-state index contributed by atoms with van der Waals surface area (Å²) in [6.07, 6.45) is 2.35. The first kappa shape index (κ1) is 8.83. The van der Waals surface area contributed by atoms with Gasteiger partial charge >= 0.3 is 0 Å². The zero-order valence-corrected chi connectivity index (χ0v) is 8.42. The van der Waals surface area contributed by atoms with Crippen LogP contribution in [0.4, 0.5) is 5.13 Å². The highest BCUT2D eigenvalue weighted by Crippen LogP contribution is 2.19. The van der Waals surface area contributed by atoms with Crippen molar-refractivity contribution in [2.75, 3.05) is 25.0 Å². The number of hydrogen-bond donors (Lipinski definition) is 1. The molecule has 72 valence electrons. The second-order valence-electron chi connectivity index (χ2n) is 3.24. The number of nitrogens with zero attached hydrogens (tertiary/aromatic N) is 4. The maximum Gasteiger partial charge on any atom is 0.227 e. The van der Waals surface area contributed by atoms with Crippen LogP contribution in [0.15, 0.2) is 0 Å². The molecule has 0 saturated carbocycles. The van der Waals surface area contributed by atoms with Gasteiger partial charge in [0.15, 0.2) is 0 Å². The average Bonchev–Trinajstić information content (AvgIpc) is 2.71. The molecule has 1 fully saturated rings. The van der Waals surface area contributed by atoms with E-state index in [2.05, 4.69) is 32.1 Å². The van der Waals surface area contributed by atoms with Crippen LogP contribution in [0.5, 0.6) is 0 Å². The van der Waals surface area contributed by atoms with Crippen molar-refractivity contribution >= 4 is 16.7 Å². The smallest absolute Gasteiger partial charge is 0.227 e. The van der Waals surface area contributed by atoms with Gasteiger partial charge in [-0.2, -0.15) is 0 Å². The Kier molecular flexibility index (Phi) is 2.70. The maximum atomic E-state index is 3.95. The van der Waals surface area contributed by atoms with Crippen LogP contribution in [0.25, 0.3) is 0 Å². The highest BCUT2D eigenvalue weighted by Gasteiger charge is 2.19. The number of aromatic nitrogens is 3. The Morgan fingerprint density at radius 1 is 1.46 bits per heavy atom. The predicted molar refractivity (Wildman–Crippen MR) is 52.0 cm³/mol. The summed E-state index contributed by atoms with van der Waals surface area (Å²) in [5.41, 5.74) is 0. The van der Waals surface area contributed by atoms with Gasteiger partial charge in [-0.05, 0) is 31.1 Å². The van der Waals surface area contributed by atoms with E-state index in [1.54, 1.807) is 0 Å². The van der Waals surface area contributed by atoms with Crippen molar-refractivity contribution in [2.24, 2.45) is 0 Å². The van der Waals surface area contributed by atoms with E-state index in [1.807, 2.05) is 0 Å². The van der Waals surface area contributed by atoms with E-state index in [1.165, 1.54) is 24.4 Å². The lowest BCUT2D eigenvalue weighted by Crippen LogP contribution is -2.41. The van der Waals surface area contributed by atoms with E-state index in [4.69, 9.17) is 0 Å². The van der Waals surface area contributed by atoms with Crippen molar-refractivity contribution in [1.29, 1.82) is 0 Å². The van der Waals surface area contributed by atoms with Crippen LogP contribution >= 0.6 is 11.5 Å². The van der Waals surface area contributed by atoms with Crippen LogP contribution < -0.4 is 10.2 Å². The molecule has 6 heteroatoms. The fraction of sp³-hybridized carbons (Fsp3) is 0.857. The lowest BCUT2D eigenvalue weighted by molar-refractivity contribution is 0.442. The van der Waals surface area contributed by atoms with Gasteiger partial charge in [0.25, 0.3) is 0 Å². The van der Waals surface area contributed by atoms with Gasteiger partial charge in [-0.1, -0.05) is 9.59 Å². The summed E-state index contributed by atoms with van der Waals surface area (Å²) < 4.78 is 3.76. The molecule has 2 rings (SSSR count). The molecule has 0 aromatic carbocycles. The molecule has 0 spiro atoms. The van der Waals surface area contributed by atoms with Crippen LogP contribution in [-0.2, 0) is 0 Å². The Morgan fingerprint density at radius 2 is 2.23 bits per heavy atom. The van der Waals surface area contributed by atoms with E-state index in [9.17, 15) is 0 Å². The maximum absolute atomic E-state index is 3.95. The fourth-order valence-corrected chi connectivity index (χ4v) is 2.11. The molecule has 0 radical (unpaired) electrons. The molecule has 0 atom stereocenters. The van der Waals surface area contributed by atoms with Crippen LogP contribution in [0.2, 0.25) is 0 Å². The topological polar surface area (TPSA) is 53.9 Å². The molecule has 1 aromatic heterocycles. The molecule has 2 heterocycles. The number of piperidine rings is 1. The summed E-state index contributed by atoms with van der Waals surface area (Å²) in [4.78, 5) is 2.19. The van der Waals surface area contributed by atoms with Crippen LogP contribution in [0, 0.1) is 0 Å². The van der Waals surface area contributed by atoms with E-state index in [0.29, 0.717) is 6.04 Å². The Morgan fingerprint density at radius 3 is 2.85 bits per heavy atom. The molecule has 1 saturated heterocycles. The van der Waals surface area contributed by atoms with E-state index in [0.717, 1.165) is 18.2 Å². The monoisotopic (exact) mass is 199 g/mol. The van der Waals surface area contributed by atoms with Gasteiger partial charge in [-0.15, -0.1) is 0 Å². The average molecular weight is 199 g/mol. The normalized spacial score (nSPS) is 18.8. The molecular weight excluding hydrogens is 186 g/mol. The first-order valence-corrected chi connectivity index (χ1v) is 5.24. The summed E-state index contributed by atoms with van der Waals surface area (Å²) in [6, 6.07) is 0.594. The molecule has 1 aromatic rings. The minimum absolute atomic E-state index is 0.594. The van der Waals surface area contributed by atoms with E-state index in [-0.39, 0.29) is 0 Å². The molecule has 0 bridgehead atoms. The molecule has 1 aliphatic rings. The summed E-state index contributed by atoms with van der Waals surface area (Å²) in [5.74, 6) is 0. The number of hydrogen-bond acceptors (Lipinski definition) is 6. The third-order valence-corrected chi connectivity index (χ3v) is 3.13. The summed E-state index contributed by atoms with van der Waals surface area (Å²) in [5, 5.41) is 11.8. The van der Waals surface area contributed by atoms with Crippen molar-refractivity contribution in [1.82, 2.24) is 20.1 Å². The summed E-state index contributed by atoms with van der Waals surface area (Å²) >= 11 is 1.36. The molecule has 1 aliphatic heterocycles. The fourth-order valence-electron chi connectivity index (χ4n) is 1.61. The minimum Gasteiger partial charge on any atom is -0.345 e. The number of nitrogens with one attached hydrogen (secondary N) is 1. The van der Waals surface area contributed by atoms with Crippen LogP contribution in [0.1, 0.15) is 12.8 Å². The molecular formula is C7H13N5S. The Hall–Kier alpha value is -0.750. The van der Waals surface area contributed by atoms with Crippen LogP contribution in [0.3, 0.4) is 0 Å². The largest absolute Gasteiger partial charge is 0.345 e. The van der Waals surface area contributed by atoms with Crippen molar-refractivity contribution in [3.05, 3.63) is 0 Å². The van der Waals surface area contributed by atoms with Crippen LogP contribution in [-0.4, -0.2) is 41.0 Å². The number of rotatable bonds is 2. The standard InChI is InChI=1S/C7H13N5S/c1-12(7-9-10-11-13-7)6-2-4-8-5-3-6/h6,8H,2-5H2,1H3.